The molecule has 0 spiro atoms. The monoisotopic (exact) mass is 276 g/mol. The molecule has 1 aromatic rings. The molecule has 0 aliphatic carbocycles. The van der Waals surface area contributed by atoms with Gasteiger partial charge in [0.25, 0.3) is 11.6 Å². The molecule has 2 rings (SSSR count). The number of morpholine rings is 1. The number of nitrogen functional groups attached to an aromatic ring is 1. The fourth-order valence-corrected chi connectivity index (χ4v) is 1.93. The highest BCUT2D eigenvalue weighted by atomic mass is 16.6. The van der Waals surface area contributed by atoms with Crippen molar-refractivity contribution in [1.82, 2.24) is 4.90 Å². The van der Waals surface area contributed by atoms with E-state index in [0.717, 1.165) is 6.07 Å². The number of carbonyl (C=O) groups is 1. The van der Waals surface area contributed by atoms with Gasteiger partial charge in [-0.25, -0.2) is 0 Å². The van der Waals surface area contributed by atoms with E-state index < -0.39 is 16.9 Å². The fraction of sp³-hybridized carbons (Fsp3) is 0.333. The van der Waals surface area contributed by atoms with Crippen LogP contribution in [-0.2, 0) is 4.74 Å². The zero-order chi connectivity index (χ0) is 14.7. The smallest absolute Gasteiger partial charge is 0.270 e. The van der Waals surface area contributed by atoms with Crippen LogP contribution in [0, 0.1) is 21.4 Å². The number of anilines is 1. The topological polar surface area (TPSA) is 122 Å². The van der Waals surface area contributed by atoms with Crippen LogP contribution in [0.1, 0.15) is 10.4 Å². The van der Waals surface area contributed by atoms with Crippen molar-refractivity contribution < 1.29 is 14.5 Å². The number of hydrogen-bond donors (Lipinski definition) is 1. The third-order valence-corrected chi connectivity index (χ3v) is 2.98. The number of rotatable bonds is 2. The zero-order valence-electron chi connectivity index (χ0n) is 10.5. The van der Waals surface area contributed by atoms with E-state index in [1.54, 1.807) is 0 Å². The van der Waals surface area contributed by atoms with Gasteiger partial charge in [-0.15, -0.1) is 0 Å². The lowest BCUT2D eigenvalue weighted by Crippen LogP contribution is -2.45. The third-order valence-electron chi connectivity index (χ3n) is 2.98. The van der Waals surface area contributed by atoms with Crippen molar-refractivity contribution in [3.8, 4) is 6.07 Å². The molecule has 0 saturated carbocycles. The van der Waals surface area contributed by atoms with E-state index in [1.165, 1.54) is 17.0 Å². The molecule has 1 saturated heterocycles. The van der Waals surface area contributed by atoms with Gasteiger partial charge in [0.1, 0.15) is 0 Å². The standard InChI is InChI=1S/C12H12N4O4/c13-6-9-7-15(3-4-20-9)12(17)10-5-8(16(18)19)1-2-11(10)14/h1-2,5,9H,3-4,7,14H2. The first kappa shape index (κ1) is 13.8. The summed E-state index contributed by atoms with van der Waals surface area (Å²) in [4.78, 5) is 23.9. The molecular formula is C12H12N4O4. The summed E-state index contributed by atoms with van der Waals surface area (Å²) in [7, 11) is 0. The van der Waals surface area contributed by atoms with Crippen LogP contribution in [-0.4, -0.2) is 41.5 Å². The molecule has 0 radical (unpaired) electrons. The lowest BCUT2D eigenvalue weighted by atomic mass is 10.1. The summed E-state index contributed by atoms with van der Waals surface area (Å²) in [6.45, 7) is 0.690. The molecule has 8 heteroatoms. The Morgan fingerprint density at radius 1 is 1.60 bits per heavy atom. The fourth-order valence-electron chi connectivity index (χ4n) is 1.93. The van der Waals surface area contributed by atoms with Crippen LogP contribution in [0.4, 0.5) is 11.4 Å². The van der Waals surface area contributed by atoms with Crippen LogP contribution in [0.3, 0.4) is 0 Å². The van der Waals surface area contributed by atoms with Crippen LogP contribution in [0.25, 0.3) is 0 Å². The highest BCUT2D eigenvalue weighted by Gasteiger charge is 2.26. The lowest BCUT2D eigenvalue weighted by molar-refractivity contribution is -0.384. The van der Waals surface area contributed by atoms with E-state index in [4.69, 9.17) is 15.7 Å². The number of hydrogen-bond acceptors (Lipinski definition) is 6. The number of non-ortho nitro benzene ring substituents is 1. The summed E-state index contributed by atoms with van der Waals surface area (Å²) in [5.74, 6) is -0.435. The minimum Gasteiger partial charge on any atom is -0.398 e. The highest BCUT2D eigenvalue weighted by molar-refractivity contribution is 5.99. The first-order valence-electron chi connectivity index (χ1n) is 5.87. The molecule has 1 fully saturated rings. The van der Waals surface area contributed by atoms with E-state index in [2.05, 4.69) is 0 Å². The largest absolute Gasteiger partial charge is 0.398 e. The Labute approximate surface area is 114 Å². The zero-order valence-corrected chi connectivity index (χ0v) is 10.5. The molecule has 1 heterocycles. The van der Waals surface area contributed by atoms with Crippen LogP contribution >= 0.6 is 0 Å². The molecule has 20 heavy (non-hydrogen) atoms. The number of carbonyl (C=O) groups excluding carboxylic acids is 1. The molecule has 1 aliphatic rings. The number of nitro groups is 1. The Morgan fingerprint density at radius 3 is 3.00 bits per heavy atom. The number of nitriles is 1. The summed E-state index contributed by atoms with van der Waals surface area (Å²) < 4.78 is 5.14. The summed E-state index contributed by atoms with van der Waals surface area (Å²) in [5.41, 5.74) is 5.73. The number of nitrogens with two attached hydrogens (primary N) is 1. The van der Waals surface area contributed by atoms with Gasteiger partial charge in [-0.1, -0.05) is 0 Å². The Balaban J connectivity index is 2.26. The highest BCUT2D eigenvalue weighted by Crippen LogP contribution is 2.22. The van der Waals surface area contributed by atoms with Gasteiger partial charge in [-0.2, -0.15) is 5.26 Å². The normalized spacial score (nSPS) is 18.4. The predicted octanol–water partition coefficient (Wildman–Crippen LogP) is 0.542. The molecule has 1 atom stereocenters. The van der Waals surface area contributed by atoms with E-state index in [-0.39, 0.29) is 30.1 Å². The van der Waals surface area contributed by atoms with Crippen molar-refractivity contribution >= 4 is 17.3 Å². The Kier molecular flexibility index (Phi) is 3.81. The molecular weight excluding hydrogens is 264 g/mol. The van der Waals surface area contributed by atoms with Crippen LogP contribution < -0.4 is 5.73 Å². The maximum Gasteiger partial charge on any atom is 0.270 e. The van der Waals surface area contributed by atoms with Crippen LogP contribution in [0.2, 0.25) is 0 Å². The molecule has 0 bridgehead atoms. The van der Waals surface area contributed by atoms with E-state index in [1.807, 2.05) is 6.07 Å². The molecule has 1 amide bonds. The van der Waals surface area contributed by atoms with E-state index in [9.17, 15) is 14.9 Å². The average Bonchev–Trinajstić information content (AvgIpc) is 2.46. The predicted molar refractivity (Wildman–Crippen MR) is 68.8 cm³/mol. The molecule has 2 N–H and O–H groups in total. The Bertz CT molecular complexity index is 596. The van der Waals surface area contributed by atoms with Gasteiger partial charge in [-0.05, 0) is 6.07 Å². The molecule has 1 aliphatic heterocycles. The maximum absolute atomic E-state index is 12.3. The molecule has 8 nitrogen and oxygen atoms in total. The van der Waals surface area contributed by atoms with Gasteiger partial charge >= 0.3 is 0 Å². The summed E-state index contributed by atoms with van der Waals surface area (Å²) >= 11 is 0. The van der Waals surface area contributed by atoms with Crippen molar-refractivity contribution in [2.24, 2.45) is 0 Å². The Hall–Kier alpha value is -2.66. The summed E-state index contributed by atoms with van der Waals surface area (Å²) in [5, 5.41) is 19.5. The van der Waals surface area contributed by atoms with Crippen LogP contribution in [0.5, 0.6) is 0 Å². The lowest BCUT2D eigenvalue weighted by Gasteiger charge is -2.30. The van der Waals surface area contributed by atoms with Gasteiger partial charge in [0.2, 0.25) is 0 Å². The van der Waals surface area contributed by atoms with Gasteiger partial charge in [0, 0.05) is 24.4 Å². The SMILES string of the molecule is N#CC1CN(C(=O)c2cc([N+](=O)[O-])ccc2N)CCO1. The first-order valence-corrected chi connectivity index (χ1v) is 5.87. The number of ether oxygens (including phenoxy) is 1. The van der Waals surface area contributed by atoms with Gasteiger partial charge in [-0.3, -0.25) is 14.9 Å². The second-order valence-corrected chi connectivity index (χ2v) is 4.27. The van der Waals surface area contributed by atoms with Crippen molar-refractivity contribution in [3.05, 3.63) is 33.9 Å². The van der Waals surface area contributed by atoms with Crippen LogP contribution in [0.15, 0.2) is 18.2 Å². The van der Waals surface area contributed by atoms with Gasteiger partial charge < -0.3 is 15.4 Å². The van der Waals surface area contributed by atoms with Crippen molar-refractivity contribution in [3.63, 3.8) is 0 Å². The third kappa shape index (κ3) is 2.67. The minimum atomic E-state index is -0.687. The number of amides is 1. The van der Waals surface area contributed by atoms with Crippen molar-refractivity contribution in [2.45, 2.75) is 6.10 Å². The number of nitrogens with zero attached hydrogens (tertiary/aromatic N) is 3. The summed E-state index contributed by atoms with van der Waals surface area (Å²) in [6.07, 6.45) is -0.687. The number of nitro benzene ring substituents is 1. The Morgan fingerprint density at radius 2 is 2.35 bits per heavy atom. The van der Waals surface area contributed by atoms with Gasteiger partial charge in [0.05, 0.1) is 29.7 Å². The molecule has 0 aromatic heterocycles. The molecule has 1 unspecified atom stereocenters. The van der Waals surface area contributed by atoms with Gasteiger partial charge in [0.15, 0.2) is 6.10 Å². The second-order valence-electron chi connectivity index (χ2n) is 4.27. The molecule has 104 valence electrons. The van der Waals surface area contributed by atoms with Crippen molar-refractivity contribution in [1.29, 1.82) is 5.26 Å². The quantitative estimate of drug-likeness (QED) is 0.478. The van der Waals surface area contributed by atoms with Crippen molar-refractivity contribution in [2.75, 3.05) is 25.4 Å². The average molecular weight is 276 g/mol. The number of benzene rings is 1. The molecule has 1 aromatic carbocycles. The van der Waals surface area contributed by atoms with E-state index in [0.29, 0.717) is 6.54 Å². The maximum atomic E-state index is 12.3. The van der Waals surface area contributed by atoms with E-state index >= 15 is 0 Å². The first-order chi connectivity index (χ1) is 9.52. The second kappa shape index (κ2) is 5.54. The summed E-state index contributed by atoms with van der Waals surface area (Å²) in [6, 6.07) is 5.64. The minimum absolute atomic E-state index is 0.0674.